The van der Waals surface area contributed by atoms with Crippen LogP contribution in [0, 0.1) is 17.8 Å². The molecule has 0 saturated carbocycles. The summed E-state index contributed by atoms with van der Waals surface area (Å²) in [5.41, 5.74) is 3.94. The van der Waals surface area contributed by atoms with Crippen molar-refractivity contribution in [3.8, 4) is 23.5 Å². The lowest BCUT2D eigenvalue weighted by molar-refractivity contribution is -0.142. The average molecular weight is 449 g/mol. The number of fused-ring (bicyclic) bond motifs is 3. The monoisotopic (exact) mass is 448 g/mol. The second-order valence-electron chi connectivity index (χ2n) is 8.89. The van der Waals surface area contributed by atoms with Gasteiger partial charge in [-0.3, -0.25) is 4.79 Å². The van der Waals surface area contributed by atoms with Crippen LogP contribution < -0.4 is 10.6 Å². The van der Waals surface area contributed by atoms with Crippen molar-refractivity contribution in [3.63, 3.8) is 0 Å². The first-order valence-electron chi connectivity index (χ1n) is 10.8. The molecule has 3 rings (SSSR count). The van der Waals surface area contributed by atoms with Crippen LogP contribution in [0.1, 0.15) is 43.7 Å². The summed E-state index contributed by atoms with van der Waals surface area (Å²) in [5.74, 6) is 0.570. The lowest BCUT2D eigenvalue weighted by atomic mass is 9.88. The molecular weight excluding hydrogens is 420 g/mol. The molecule has 0 spiro atoms. The molecule has 1 aliphatic rings. The molecule has 0 aliphatic heterocycles. The largest absolute Gasteiger partial charge is 0.480 e. The quantitative estimate of drug-likeness (QED) is 0.509. The number of hydrogen-bond acceptors (Lipinski definition) is 4. The fraction of sp³-hybridized carbons (Fsp3) is 0.346. The van der Waals surface area contributed by atoms with E-state index in [0.717, 1.165) is 22.3 Å². The molecule has 0 bridgehead atoms. The molecule has 1 unspecified atom stereocenters. The van der Waals surface area contributed by atoms with E-state index in [1.807, 2.05) is 36.4 Å². The summed E-state index contributed by atoms with van der Waals surface area (Å²) in [6.07, 6.45) is 4.50. The fourth-order valence-electron chi connectivity index (χ4n) is 4.02. The van der Waals surface area contributed by atoms with Gasteiger partial charge in [-0.25, -0.2) is 9.59 Å². The molecule has 33 heavy (non-hydrogen) atoms. The van der Waals surface area contributed by atoms with E-state index in [9.17, 15) is 14.4 Å². The van der Waals surface area contributed by atoms with Crippen molar-refractivity contribution in [1.29, 1.82) is 0 Å². The number of aliphatic carboxylic acids is 1. The number of hydrogen-bond donors (Lipinski definition) is 3. The molecule has 0 fully saturated rings. The first kappa shape index (κ1) is 23.9. The maximum atomic E-state index is 12.4. The molecule has 3 N–H and O–H groups in total. The fourth-order valence-corrected chi connectivity index (χ4v) is 4.02. The smallest absolute Gasteiger partial charge is 0.407 e. The minimum absolute atomic E-state index is 0.0189. The number of terminal acetylenes is 1. The summed E-state index contributed by atoms with van der Waals surface area (Å²) in [6, 6.07) is 15.0. The Kier molecular flexibility index (Phi) is 7.39. The molecule has 2 aromatic rings. The zero-order chi connectivity index (χ0) is 24.0. The molecule has 0 aromatic heterocycles. The highest BCUT2D eigenvalue weighted by Gasteiger charge is 2.30. The number of ether oxygens (including phenoxy) is 1. The van der Waals surface area contributed by atoms with Crippen LogP contribution in [0.3, 0.4) is 0 Å². The van der Waals surface area contributed by atoms with Crippen LogP contribution in [0.4, 0.5) is 4.79 Å². The third-order valence-electron chi connectivity index (χ3n) is 5.65. The molecule has 1 atom stereocenters. The highest BCUT2D eigenvalue weighted by atomic mass is 16.5. The van der Waals surface area contributed by atoms with Crippen molar-refractivity contribution in [1.82, 2.24) is 10.6 Å². The van der Waals surface area contributed by atoms with Crippen molar-refractivity contribution in [3.05, 3.63) is 59.7 Å². The van der Waals surface area contributed by atoms with Crippen LogP contribution in [0.25, 0.3) is 11.1 Å². The lowest BCUT2D eigenvalue weighted by Gasteiger charge is -2.25. The molecule has 1 aliphatic carbocycles. The Balaban J connectivity index is 1.52. The number of carboxylic acids is 1. The zero-order valence-corrected chi connectivity index (χ0v) is 18.8. The Bertz CT molecular complexity index is 1040. The Morgan fingerprint density at radius 3 is 2.21 bits per heavy atom. The van der Waals surface area contributed by atoms with Gasteiger partial charge in [-0.15, -0.1) is 12.3 Å². The Labute approximate surface area is 193 Å². The van der Waals surface area contributed by atoms with Gasteiger partial charge in [0, 0.05) is 25.3 Å². The van der Waals surface area contributed by atoms with E-state index in [2.05, 4.69) is 28.7 Å². The van der Waals surface area contributed by atoms with Gasteiger partial charge in [0.15, 0.2) is 0 Å². The maximum absolute atomic E-state index is 12.4. The van der Waals surface area contributed by atoms with Crippen molar-refractivity contribution < 1.29 is 24.2 Å². The van der Waals surface area contributed by atoms with Crippen LogP contribution >= 0.6 is 0 Å². The number of rotatable bonds is 9. The van der Waals surface area contributed by atoms with Crippen molar-refractivity contribution in [2.24, 2.45) is 5.41 Å². The molecule has 7 nitrogen and oxygen atoms in total. The molecule has 0 heterocycles. The van der Waals surface area contributed by atoms with E-state index in [-0.39, 0.29) is 31.9 Å². The second-order valence-corrected chi connectivity index (χ2v) is 8.89. The standard InChI is InChI=1S/C26H28N2O5/c1-4-9-22(24(30)31)28-23(29)14-26(2,3)16-27-25(32)33-15-21-19-12-7-5-10-17(19)18-11-6-8-13-20(18)21/h1,5-8,10-13,21-22H,9,14-16H2,2-3H3,(H,27,32)(H,28,29)(H,30,31). The summed E-state index contributed by atoms with van der Waals surface area (Å²) >= 11 is 0. The van der Waals surface area contributed by atoms with Crippen LogP contribution in [0.2, 0.25) is 0 Å². The first-order chi connectivity index (χ1) is 15.7. The third-order valence-corrected chi connectivity index (χ3v) is 5.65. The number of carboxylic acid groups (broad SMARTS) is 1. The van der Waals surface area contributed by atoms with Gasteiger partial charge >= 0.3 is 12.1 Å². The Morgan fingerprint density at radius 1 is 1.09 bits per heavy atom. The number of carbonyl (C=O) groups excluding carboxylic acids is 2. The lowest BCUT2D eigenvalue weighted by Crippen LogP contribution is -2.44. The number of amides is 2. The molecule has 2 amide bonds. The normalized spacial score (nSPS) is 13.2. The second kappa shape index (κ2) is 10.2. The molecule has 172 valence electrons. The first-order valence-corrected chi connectivity index (χ1v) is 10.8. The van der Waals surface area contributed by atoms with Crippen LogP contribution in [0.15, 0.2) is 48.5 Å². The van der Waals surface area contributed by atoms with E-state index in [1.54, 1.807) is 13.8 Å². The average Bonchev–Trinajstić information content (AvgIpc) is 3.09. The third kappa shape index (κ3) is 5.92. The van der Waals surface area contributed by atoms with Gasteiger partial charge in [0.2, 0.25) is 5.91 Å². The number of benzene rings is 2. The highest BCUT2D eigenvalue weighted by Crippen LogP contribution is 2.44. The molecule has 2 aromatic carbocycles. The summed E-state index contributed by atoms with van der Waals surface area (Å²) in [4.78, 5) is 35.8. The van der Waals surface area contributed by atoms with Gasteiger partial charge in [-0.1, -0.05) is 62.4 Å². The van der Waals surface area contributed by atoms with Crippen molar-refractivity contribution in [2.75, 3.05) is 13.2 Å². The predicted octanol–water partition coefficient (Wildman–Crippen LogP) is 3.53. The van der Waals surface area contributed by atoms with Crippen LogP contribution in [-0.2, 0) is 14.3 Å². The Hall–Kier alpha value is -3.79. The van der Waals surface area contributed by atoms with Gasteiger partial charge in [0.1, 0.15) is 12.6 Å². The van der Waals surface area contributed by atoms with Gasteiger partial charge in [-0.2, -0.15) is 0 Å². The number of carbonyl (C=O) groups is 3. The topological polar surface area (TPSA) is 105 Å². The SMILES string of the molecule is C#CCC(NC(=O)CC(C)(C)CNC(=O)OCC1c2ccccc2-c2ccccc21)C(=O)O. The van der Waals surface area contributed by atoms with Crippen LogP contribution in [-0.4, -0.2) is 42.3 Å². The van der Waals surface area contributed by atoms with Crippen molar-refractivity contribution >= 4 is 18.0 Å². The van der Waals surface area contributed by atoms with E-state index < -0.39 is 29.4 Å². The zero-order valence-electron chi connectivity index (χ0n) is 18.8. The van der Waals surface area contributed by atoms with Gasteiger partial charge in [0.05, 0.1) is 0 Å². The Morgan fingerprint density at radius 2 is 1.67 bits per heavy atom. The predicted molar refractivity (Wildman–Crippen MR) is 124 cm³/mol. The van der Waals surface area contributed by atoms with Crippen LogP contribution in [0.5, 0.6) is 0 Å². The highest BCUT2D eigenvalue weighted by molar-refractivity contribution is 5.84. The molecule has 7 heteroatoms. The maximum Gasteiger partial charge on any atom is 0.407 e. The van der Waals surface area contributed by atoms with E-state index in [4.69, 9.17) is 16.3 Å². The summed E-state index contributed by atoms with van der Waals surface area (Å²) in [7, 11) is 0. The number of alkyl carbamates (subject to hydrolysis) is 1. The van der Waals surface area contributed by atoms with E-state index in [0.29, 0.717) is 0 Å². The summed E-state index contributed by atoms with van der Waals surface area (Å²) in [6.45, 7) is 3.98. The minimum atomic E-state index is -1.18. The molecular formula is C26H28N2O5. The summed E-state index contributed by atoms with van der Waals surface area (Å²) in [5, 5.41) is 14.2. The van der Waals surface area contributed by atoms with Crippen molar-refractivity contribution in [2.45, 2.75) is 38.6 Å². The molecule has 0 radical (unpaired) electrons. The molecule has 0 saturated heterocycles. The minimum Gasteiger partial charge on any atom is -0.480 e. The van der Waals surface area contributed by atoms with Gasteiger partial charge < -0.3 is 20.5 Å². The summed E-state index contributed by atoms with van der Waals surface area (Å²) < 4.78 is 5.52. The van der Waals surface area contributed by atoms with E-state index >= 15 is 0 Å². The number of nitrogens with one attached hydrogen (secondary N) is 2. The van der Waals surface area contributed by atoms with E-state index in [1.165, 1.54) is 0 Å². The van der Waals surface area contributed by atoms with Gasteiger partial charge in [-0.05, 0) is 27.7 Å². The van der Waals surface area contributed by atoms with Gasteiger partial charge in [0.25, 0.3) is 0 Å².